The Morgan fingerprint density at radius 1 is 1.39 bits per heavy atom. The van der Waals surface area contributed by atoms with Gasteiger partial charge in [0.2, 0.25) is 5.91 Å². The van der Waals surface area contributed by atoms with Crippen molar-refractivity contribution >= 4 is 5.91 Å². The van der Waals surface area contributed by atoms with Gasteiger partial charge in [0.25, 0.3) is 0 Å². The molecule has 0 saturated carbocycles. The Bertz CT molecular complexity index is 487. The summed E-state index contributed by atoms with van der Waals surface area (Å²) in [5, 5.41) is 0. The summed E-state index contributed by atoms with van der Waals surface area (Å²) in [5.41, 5.74) is 8.54. The molecule has 0 bridgehead atoms. The minimum atomic E-state index is -0.00264. The largest absolute Gasteiger partial charge is 0.493 e. The van der Waals surface area contributed by atoms with Crippen molar-refractivity contribution < 1.29 is 9.53 Å². The van der Waals surface area contributed by atoms with E-state index in [0.717, 1.165) is 30.8 Å². The third-order valence-corrected chi connectivity index (χ3v) is 3.96. The second-order valence-corrected chi connectivity index (χ2v) is 5.12. The third kappa shape index (κ3) is 1.77. The van der Waals surface area contributed by atoms with E-state index in [1.165, 1.54) is 5.56 Å². The first kappa shape index (κ1) is 11.5. The van der Waals surface area contributed by atoms with E-state index in [1.54, 1.807) is 4.90 Å². The molecule has 4 nitrogen and oxygen atoms in total. The van der Waals surface area contributed by atoms with E-state index in [1.807, 2.05) is 19.2 Å². The normalized spacial score (nSPS) is 27.0. The minimum absolute atomic E-state index is 0.00264. The van der Waals surface area contributed by atoms with Crippen LogP contribution in [0.2, 0.25) is 0 Å². The maximum absolute atomic E-state index is 11.8. The zero-order valence-electron chi connectivity index (χ0n) is 10.6. The quantitative estimate of drug-likeness (QED) is 0.811. The van der Waals surface area contributed by atoms with E-state index in [0.29, 0.717) is 6.42 Å². The van der Waals surface area contributed by atoms with Crippen LogP contribution in [0, 0.1) is 0 Å². The lowest BCUT2D eigenvalue weighted by Crippen LogP contribution is -2.46. The van der Waals surface area contributed by atoms with Gasteiger partial charge in [0.05, 0.1) is 12.6 Å². The Balaban J connectivity index is 1.95. The predicted molar refractivity (Wildman–Crippen MR) is 68.4 cm³/mol. The van der Waals surface area contributed by atoms with Crippen LogP contribution < -0.4 is 10.5 Å². The molecule has 2 N–H and O–H groups in total. The first-order chi connectivity index (χ1) is 8.66. The van der Waals surface area contributed by atoms with Crippen LogP contribution in [0.25, 0.3) is 0 Å². The van der Waals surface area contributed by atoms with E-state index in [9.17, 15) is 4.79 Å². The number of likely N-dealkylation sites (N-methyl/N-ethyl adjacent to an activating group) is 1. The number of nitrogens with two attached hydrogens (primary N) is 1. The second kappa shape index (κ2) is 4.28. The lowest BCUT2D eigenvalue weighted by molar-refractivity contribution is -0.135. The van der Waals surface area contributed by atoms with Gasteiger partial charge in [-0.25, -0.2) is 0 Å². The Labute approximate surface area is 107 Å². The Morgan fingerprint density at radius 2 is 2.22 bits per heavy atom. The lowest BCUT2D eigenvalue weighted by Gasteiger charge is -2.37. The number of hydrogen-bond donors (Lipinski definition) is 1. The van der Waals surface area contributed by atoms with E-state index < -0.39 is 0 Å². The molecule has 3 rings (SSSR count). The Kier molecular flexibility index (Phi) is 2.74. The molecular formula is C14H18N2O2. The standard InChI is InChI=1S/C14H18N2O2/c1-16-13(17)5-3-11(15)14(16)10-2-4-12-9(8-10)6-7-18-12/h2,4,8,11,14H,3,5-7,15H2,1H3. The van der Waals surface area contributed by atoms with E-state index in [2.05, 4.69) is 6.07 Å². The smallest absolute Gasteiger partial charge is 0.222 e. The van der Waals surface area contributed by atoms with Crippen molar-refractivity contribution in [3.05, 3.63) is 29.3 Å². The minimum Gasteiger partial charge on any atom is -0.493 e. The average molecular weight is 246 g/mol. The van der Waals surface area contributed by atoms with Gasteiger partial charge in [-0.15, -0.1) is 0 Å². The summed E-state index contributed by atoms with van der Waals surface area (Å²) < 4.78 is 5.50. The molecule has 18 heavy (non-hydrogen) atoms. The van der Waals surface area contributed by atoms with Crippen molar-refractivity contribution in [1.29, 1.82) is 0 Å². The SMILES string of the molecule is CN1C(=O)CCC(N)C1c1ccc2c(c1)CCO2. The summed E-state index contributed by atoms with van der Waals surface area (Å²) in [6, 6.07) is 6.19. The van der Waals surface area contributed by atoms with Crippen molar-refractivity contribution in [3.8, 4) is 5.75 Å². The van der Waals surface area contributed by atoms with Gasteiger partial charge in [-0.1, -0.05) is 6.07 Å². The lowest BCUT2D eigenvalue weighted by atomic mass is 9.90. The molecule has 1 aromatic carbocycles. The van der Waals surface area contributed by atoms with Crippen LogP contribution in [0.15, 0.2) is 18.2 Å². The van der Waals surface area contributed by atoms with Crippen molar-refractivity contribution in [2.24, 2.45) is 5.73 Å². The number of hydrogen-bond acceptors (Lipinski definition) is 3. The first-order valence-electron chi connectivity index (χ1n) is 6.43. The number of ether oxygens (including phenoxy) is 1. The summed E-state index contributed by atoms with van der Waals surface area (Å²) in [6.07, 6.45) is 2.27. The summed E-state index contributed by atoms with van der Waals surface area (Å²) in [5.74, 6) is 1.15. The zero-order valence-corrected chi connectivity index (χ0v) is 10.6. The molecule has 2 aliphatic heterocycles. The van der Waals surface area contributed by atoms with Gasteiger partial charge in [-0.2, -0.15) is 0 Å². The van der Waals surface area contributed by atoms with Crippen LogP contribution >= 0.6 is 0 Å². The molecule has 0 aliphatic carbocycles. The first-order valence-corrected chi connectivity index (χ1v) is 6.43. The number of nitrogens with zero attached hydrogens (tertiary/aromatic N) is 1. The Morgan fingerprint density at radius 3 is 3.06 bits per heavy atom. The monoisotopic (exact) mass is 246 g/mol. The van der Waals surface area contributed by atoms with Gasteiger partial charge in [0, 0.05) is 25.9 Å². The number of amides is 1. The van der Waals surface area contributed by atoms with Crippen LogP contribution in [-0.2, 0) is 11.2 Å². The number of fused-ring (bicyclic) bond motifs is 1. The Hall–Kier alpha value is -1.55. The summed E-state index contributed by atoms with van der Waals surface area (Å²) in [7, 11) is 1.84. The molecule has 2 unspecified atom stereocenters. The molecule has 96 valence electrons. The van der Waals surface area contributed by atoms with Crippen LogP contribution in [0.1, 0.15) is 30.0 Å². The van der Waals surface area contributed by atoms with E-state index in [-0.39, 0.29) is 18.0 Å². The molecule has 2 aliphatic rings. The number of benzene rings is 1. The topological polar surface area (TPSA) is 55.6 Å². The summed E-state index contributed by atoms with van der Waals surface area (Å²) >= 11 is 0. The molecule has 4 heteroatoms. The van der Waals surface area contributed by atoms with Gasteiger partial charge in [0.1, 0.15) is 5.75 Å². The maximum atomic E-state index is 11.8. The maximum Gasteiger partial charge on any atom is 0.222 e. The van der Waals surface area contributed by atoms with Crippen LogP contribution in [0.4, 0.5) is 0 Å². The molecule has 2 atom stereocenters. The number of likely N-dealkylation sites (tertiary alicyclic amines) is 1. The van der Waals surface area contributed by atoms with Crippen LogP contribution in [0.3, 0.4) is 0 Å². The molecular weight excluding hydrogens is 228 g/mol. The van der Waals surface area contributed by atoms with Gasteiger partial charge >= 0.3 is 0 Å². The third-order valence-electron chi connectivity index (χ3n) is 3.96. The van der Waals surface area contributed by atoms with Crippen molar-refractivity contribution in [2.75, 3.05) is 13.7 Å². The van der Waals surface area contributed by atoms with Gasteiger partial charge in [0.15, 0.2) is 0 Å². The number of carbonyl (C=O) groups excluding carboxylic acids is 1. The number of piperidine rings is 1. The van der Waals surface area contributed by atoms with Crippen LogP contribution in [0.5, 0.6) is 5.75 Å². The predicted octanol–water partition coefficient (Wildman–Crippen LogP) is 1.24. The van der Waals surface area contributed by atoms with E-state index >= 15 is 0 Å². The highest BCUT2D eigenvalue weighted by Gasteiger charge is 2.32. The van der Waals surface area contributed by atoms with Crippen molar-refractivity contribution in [1.82, 2.24) is 4.90 Å². The molecule has 0 spiro atoms. The van der Waals surface area contributed by atoms with E-state index in [4.69, 9.17) is 10.5 Å². The number of rotatable bonds is 1. The highest BCUT2D eigenvalue weighted by atomic mass is 16.5. The second-order valence-electron chi connectivity index (χ2n) is 5.12. The average Bonchev–Trinajstić information content (AvgIpc) is 2.82. The summed E-state index contributed by atoms with van der Waals surface area (Å²) in [4.78, 5) is 13.6. The molecule has 1 fully saturated rings. The molecule has 1 aromatic rings. The fraction of sp³-hybridized carbons (Fsp3) is 0.500. The fourth-order valence-corrected chi connectivity index (χ4v) is 2.93. The summed E-state index contributed by atoms with van der Waals surface area (Å²) in [6.45, 7) is 0.754. The fourth-order valence-electron chi connectivity index (χ4n) is 2.93. The molecule has 0 radical (unpaired) electrons. The van der Waals surface area contributed by atoms with Gasteiger partial charge in [-0.05, 0) is 29.7 Å². The zero-order chi connectivity index (χ0) is 12.7. The van der Waals surface area contributed by atoms with Crippen molar-refractivity contribution in [2.45, 2.75) is 31.3 Å². The van der Waals surface area contributed by atoms with Crippen molar-refractivity contribution in [3.63, 3.8) is 0 Å². The van der Waals surface area contributed by atoms with Gasteiger partial charge in [-0.3, -0.25) is 4.79 Å². The molecule has 1 amide bonds. The molecule has 1 saturated heterocycles. The number of carbonyl (C=O) groups is 1. The van der Waals surface area contributed by atoms with Gasteiger partial charge < -0.3 is 15.4 Å². The molecule has 2 heterocycles. The van der Waals surface area contributed by atoms with Crippen LogP contribution in [-0.4, -0.2) is 30.5 Å². The molecule has 0 aromatic heterocycles. The highest BCUT2D eigenvalue weighted by molar-refractivity contribution is 5.77. The highest BCUT2D eigenvalue weighted by Crippen LogP contribution is 2.34.